The summed E-state index contributed by atoms with van der Waals surface area (Å²) in [5.74, 6) is -0.0719. The van der Waals surface area contributed by atoms with Crippen molar-refractivity contribution < 1.29 is 14.8 Å². The van der Waals surface area contributed by atoms with E-state index in [-0.39, 0.29) is 17.3 Å². The van der Waals surface area contributed by atoms with Gasteiger partial charge in [-0.25, -0.2) is 4.79 Å². The maximum Gasteiger partial charge on any atom is 0.342 e. The molecular weight excluding hydrogens is 272 g/mol. The summed E-state index contributed by atoms with van der Waals surface area (Å²) >= 11 is 0. The summed E-state index contributed by atoms with van der Waals surface area (Å²) in [6.45, 7) is 4.41. The zero-order valence-corrected chi connectivity index (χ0v) is 12.2. The van der Waals surface area contributed by atoms with E-state index in [2.05, 4.69) is 19.2 Å². The minimum absolute atomic E-state index is 0.276. The second-order valence-corrected chi connectivity index (χ2v) is 5.94. The first-order chi connectivity index (χ1) is 9.88. The largest absolute Gasteiger partial charge is 0.477 e. The molecule has 1 aromatic carbocycles. The first-order valence-electron chi connectivity index (χ1n) is 7.16. The van der Waals surface area contributed by atoms with Gasteiger partial charge in [-0.1, -0.05) is 13.8 Å². The predicted octanol–water partition coefficient (Wildman–Crippen LogP) is 3.53. The highest BCUT2D eigenvalue weighted by Gasteiger charge is 2.26. The summed E-state index contributed by atoms with van der Waals surface area (Å²) in [7, 11) is 0. The topological polar surface area (TPSA) is 92.5 Å². The quantitative estimate of drug-likeness (QED) is 0.654. The Balaban J connectivity index is 2.19. The van der Waals surface area contributed by atoms with Gasteiger partial charge in [0, 0.05) is 17.8 Å². The molecule has 0 amide bonds. The summed E-state index contributed by atoms with van der Waals surface area (Å²) in [4.78, 5) is 21.3. The number of carboxylic acids is 1. The first-order valence-corrected chi connectivity index (χ1v) is 7.16. The van der Waals surface area contributed by atoms with Crippen molar-refractivity contribution in [3.63, 3.8) is 0 Å². The third-order valence-corrected chi connectivity index (χ3v) is 4.21. The summed E-state index contributed by atoms with van der Waals surface area (Å²) in [5, 5.41) is 23.3. The van der Waals surface area contributed by atoms with Gasteiger partial charge in [0.15, 0.2) is 0 Å². The van der Waals surface area contributed by atoms with Gasteiger partial charge in [-0.3, -0.25) is 10.1 Å². The highest BCUT2D eigenvalue weighted by Crippen LogP contribution is 2.31. The summed E-state index contributed by atoms with van der Waals surface area (Å²) in [5.41, 5.74) is -0.0235. The normalized spacial score (nSPS) is 25.3. The van der Waals surface area contributed by atoms with Gasteiger partial charge in [0.05, 0.1) is 4.92 Å². The third kappa shape index (κ3) is 3.51. The number of hydrogen-bond acceptors (Lipinski definition) is 4. The molecule has 2 rings (SSSR count). The third-order valence-electron chi connectivity index (χ3n) is 4.21. The van der Waals surface area contributed by atoms with Crippen molar-refractivity contribution in [2.24, 2.45) is 11.8 Å². The highest BCUT2D eigenvalue weighted by atomic mass is 16.6. The summed E-state index contributed by atoms with van der Waals surface area (Å²) in [6.07, 6.45) is 3.30. The number of rotatable bonds is 4. The van der Waals surface area contributed by atoms with E-state index in [1.807, 2.05) is 0 Å². The van der Waals surface area contributed by atoms with Crippen LogP contribution in [0.4, 0.5) is 11.4 Å². The van der Waals surface area contributed by atoms with Gasteiger partial charge in [0.2, 0.25) is 0 Å². The van der Waals surface area contributed by atoms with Crippen LogP contribution in [0.15, 0.2) is 18.2 Å². The van der Waals surface area contributed by atoms with Gasteiger partial charge in [0.1, 0.15) is 5.56 Å². The molecule has 6 nitrogen and oxygen atoms in total. The molecule has 3 atom stereocenters. The van der Waals surface area contributed by atoms with Gasteiger partial charge in [-0.2, -0.15) is 0 Å². The summed E-state index contributed by atoms with van der Waals surface area (Å²) < 4.78 is 0. The van der Waals surface area contributed by atoms with E-state index in [4.69, 9.17) is 5.11 Å². The number of nitro groups is 1. The Morgan fingerprint density at radius 3 is 2.67 bits per heavy atom. The van der Waals surface area contributed by atoms with Crippen molar-refractivity contribution in [2.45, 2.75) is 39.2 Å². The Bertz CT molecular complexity index is 559. The fourth-order valence-corrected chi connectivity index (χ4v) is 3.05. The number of nitrogens with one attached hydrogen (secondary N) is 1. The van der Waals surface area contributed by atoms with E-state index in [0.717, 1.165) is 19.3 Å². The van der Waals surface area contributed by atoms with Crippen LogP contribution >= 0.6 is 0 Å². The Morgan fingerprint density at radius 2 is 2.10 bits per heavy atom. The fraction of sp³-hybridized carbons (Fsp3) is 0.533. The van der Waals surface area contributed by atoms with Crippen molar-refractivity contribution in [3.8, 4) is 0 Å². The first kappa shape index (κ1) is 15.3. The number of nitro benzene ring substituents is 1. The average Bonchev–Trinajstić information content (AvgIpc) is 2.41. The number of anilines is 1. The zero-order chi connectivity index (χ0) is 15.6. The molecule has 6 heteroatoms. The number of benzene rings is 1. The second kappa shape index (κ2) is 6.11. The van der Waals surface area contributed by atoms with Crippen LogP contribution in [0.5, 0.6) is 0 Å². The molecule has 1 aliphatic carbocycles. The van der Waals surface area contributed by atoms with E-state index >= 15 is 0 Å². The lowest BCUT2D eigenvalue weighted by Crippen LogP contribution is -2.33. The van der Waals surface area contributed by atoms with E-state index in [1.54, 1.807) is 6.07 Å². The van der Waals surface area contributed by atoms with Crippen LogP contribution in [-0.2, 0) is 0 Å². The van der Waals surface area contributed by atoms with Crippen molar-refractivity contribution in [2.75, 3.05) is 5.32 Å². The lowest BCUT2D eigenvalue weighted by Gasteiger charge is -2.33. The molecule has 0 heterocycles. The Morgan fingerprint density at radius 1 is 1.38 bits per heavy atom. The molecule has 2 N–H and O–H groups in total. The van der Waals surface area contributed by atoms with Gasteiger partial charge in [0.25, 0.3) is 5.69 Å². The van der Waals surface area contributed by atoms with Gasteiger partial charge in [-0.15, -0.1) is 0 Å². The minimum atomic E-state index is -1.28. The van der Waals surface area contributed by atoms with Gasteiger partial charge < -0.3 is 10.4 Å². The smallest absolute Gasteiger partial charge is 0.342 e. The predicted molar refractivity (Wildman–Crippen MR) is 79.6 cm³/mol. The highest BCUT2D eigenvalue weighted by molar-refractivity contribution is 5.93. The van der Waals surface area contributed by atoms with Crippen LogP contribution in [0.25, 0.3) is 0 Å². The Kier molecular flexibility index (Phi) is 4.45. The van der Waals surface area contributed by atoms with Crippen molar-refractivity contribution in [1.29, 1.82) is 0 Å². The molecule has 1 saturated carbocycles. The van der Waals surface area contributed by atoms with Crippen molar-refractivity contribution in [3.05, 3.63) is 33.9 Å². The van der Waals surface area contributed by atoms with Crippen LogP contribution in [0.1, 0.15) is 43.5 Å². The van der Waals surface area contributed by atoms with Crippen LogP contribution in [0.3, 0.4) is 0 Å². The van der Waals surface area contributed by atoms with Crippen LogP contribution in [-0.4, -0.2) is 22.0 Å². The van der Waals surface area contributed by atoms with Gasteiger partial charge in [-0.05, 0) is 43.2 Å². The molecule has 3 unspecified atom stereocenters. The monoisotopic (exact) mass is 292 g/mol. The molecule has 0 radical (unpaired) electrons. The lowest BCUT2D eigenvalue weighted by atomic mass is 9.80. The Labute approximate surface area is 123 Å². The number of aromatic carboxylic acids is 1. The molecule has 0 spiro atoms. The number of carboxylic acid groups (broad SMARTS) is 1. The van der Waals surface area contributed by atoms with Crippen molar-refractivity contribution in [1.82, 2.24) is 0 Å². The van der Waals surface area contributed by atoms with E-state index in [9.17, 15) is 14.9 Å². The molecular formula is C15H20N2O4. The van der Waals surface area contributed by atoms with Crippen molar-refractivity contribution >= 4 is 17.3 Å². The zero-order valence-electron chi connectivity index (χ0n) is 12.2. The number of nitrogens with zero attached hydrogens (tertiary/aromatic N) is 1. The molecule has 0 aromatic heterocycles. The maximum atomic E-state index is 11.1. The molecule has 1 aliphatic rings. The second-order valence-electron chi connectivity index (χ2n) is 5.94. The molecule has 0 aliphatic heterocycles. The summed E-state index contributed by atoms with van der Waals surface area (Å²) in [6, 6.07) is 4.46. The molecule has 0 bridgehead atoms. The maximum absolute atomic E-state index is 11.1. The Hall–Kier alpha value is -2.11. The average molecular weight is 292 g/mol. The van der Waals surface area contributed by atoms with E-state index < -0.39 is 10.9 Å². The minimum Gasteiger partial charge on any atom is -0.477 e. The molecule has 1 aromatic rings. The van der Waals surface area contributed by atoms with E-state index in [1.165, 1.54) is 12.1 Å². The molecule has 21 heavy (non-hydrogen) atoms. The number of hydrogen-bond donors (Lipinski definition) is 2. The molecule has 114 valence electrons. The molecule has 1 fully saturated rings. The fourth-order valence-electron chi connectivity index (χ4n) is 3.05. The van der Waals surface area contributed by atoms with Crippen LogP contribution < -0.4 is 5.32 Å². The number of carbonyl (C=O) groups is 1. The van der Waals surface area contributed by atoms with Crippen LogP contribution in [0.2, 0.25) is 0 Å². The van der Waals surface area contributed by atoms with E-state index in [0.29, 0.717) is 17.5 Å². The SMILES string of the molecule is CC1CCC(Nc2ccc([N+](=O)[O-])c(C(=O)O)c2)C(C)C1. The van der Waals surface area contributed by atoms with Gasteiger partial charge >= 0.3 is 5.97 Å². The molecule has 0 saturated heterocycles. The lowest BCUT2D eigenvalue weighted by molar-refractivity contribution is -0.385. The standard InChI is InChI=1S/C15H20N2O4/c1-9-3-5-13(10(2)7-9)16-11-4-6-14(17(20)21)12(8-11)15(18)19/h4,6,8-10,13,16H,3,5,7H2,1-2H3,(H,18,19). The van der Waals surface area contributed by atoms with Crippen LogP contribution in [0, 0.1) is 22.0 Å².